The average Bonchev–Trinajstić information content (AvgIpc) is 2.74. The highest BCUT2D eigenvalue weighted by molar-refractivity contribution is 6.00. The smallest absolute Gasteiger partial charge is 0.320 e. The number of carboxylic acid groups (broad SMARTS) is 2. The Labute approximate surface area is 179 Å². The van der Waals surface area contributed by atoms with E-state index >= 15 is 0 Å². The number of carboxylic acids is 2. The molecule has 0 fully saturated rings. The summed E-state index contributed by atoms with van der Waals surface area (Å²) in [6.45, 7) is 0. The summed E-state index contributed by atoms with van der Waals surface area (Å²) in [6.07, 6.45) is 0.598. The van der Waals surface area contributed by atoms with E-state index in [4.69, 9.17) is 21.7 Å². The minimum atomic E-state index is -1.14. The lowest BCUT2D eigenvalue weighted by molar-refractivity contribution is -0.139. The molecule has 0 aromatic heterocycles. The molecule has 0 aliphatic rings. The van der Waals surface area contributed by atoms with Crippen LogP contribution in [0.2, 0.25) is 0 Å². The van der Waals surface area contributed by atoms with Gasteiger partial charge in [-0.1, -0.05) is 48.5 Å². The third-order valence-corrected chi connectivity index (χ3v) is 4.96. The number of ketones is 2. The van der Waals surface area contributed by atoms with Crippen LogP contribution in [0.5, 0.6) is 0 Å². The van der Waals surface area contributed by atoms with Crippen molar-refractivity contribution in [2.75, 3.05) is 0 Å². The van der Waals surface area contributed by atoms with Crippen LogP contribution in [0.4, 0.5) is 0 Å². The van der Waals surface area contributed by atoms with Gasteiger partial charge in [-0.25, -0.2) is 0 Å². The number of benzene rings is 2. The molecule has 0 bridgehead atoms. The molecule has 0 radical (unpaired) electrons. The molecular weight excluding hydrogens is 400 g/mol. The Kier molecular flexibility index (Phi) is 8.60. The Morgan fingerprint density at radius 2 is 1.03 bits per heavy atom. The maximum atomic E-state index is 12.6. The lowest BCUT2D eigenvalue weighted by atomic mass is 9.93. The van der Waals surface area contributed by atoms with E-state index in [0.717, 1.165) is 0 Å². The lowest BCUT2D eigenvalue weighted by Gasteiger charge is -2.12. The van der Waals surface area contributed by atoms with Gasteiger partial charge in [0.15, 0.2) is 11.6 Å². The van der Waals surface area contributed by atoms with Crippen LogP contribution in [0.1, 0.15) is 51.1 Å². The summed E-state index contributed by atoms with van der Waals surface area (Å²) in [5, 5.41) is 18.0. The highest BCUT2D eigenvalue weighted by atomic mass is 16.4. The van der Waals surface area contributed by atoms with E-state index in [0.29, 0.717) is 28.7 Å². The molecule has 0 aliphatic heterocycles. The first-order valence-electron chi connectivity index (χ1n) is 9.89. The summed E-state index contributed by atoms with van der Waals surface area (Å²) < 4.78 is 0. The van der Waals surface area contributed by atoms with Gasteiger partial charge in [-0.2, -0.15) is 0 Å². The van der Waals surface area contributed by atoms with Gasteiger partial charge in [0.25, 0.3) is 0 Å². The maximum absolute atomic E-state index is 12.6. The molecule has 0 saturated heterocycles. The topological polar surface area (TPSA) is 161 Å². The van der Waals surface area contributed by atoms with E-state index in [2.05, 4.69) is 0 Å². The fourth-order valence-electron chi connectivity index (χ4n) is 3.27. The maximum Gasteiger partial charge on any atom is 0.320 e. The van der Waals surface area contributed by atoms with Crippen molar-refractivity contribution in [1.29, 1.82) is 0 Å². The summed E-state index contributed by atoms with van der Waals surface area (Å²) in [5.41, 5.74) is 13.1. The van der Waals surface area contributed by atoms with Crippen molar-refractivity contribution in [3.05, 3.63) is 70.8 Å². The van der Waals surface area contributed by atoms with Crippen molar-refractivity contribution >= 4 is 23.5 Å². The van der Waals surface area contributed by atoms with E-state index < -0.39 is 24.0 Å². The summed E-state index contributed by atoms with van der Waals surface area (Å²) >= 11 is 0. The molecule has 0 heterocycles. The van der Waals surface area contributed by atoms with E-state index in [1.54, 1.807) is 48.5 Å². The van der Waals surface area contributed by atoms with Crippen LogP contribution in [0.25, 0.3) is 0 Å². The fraction of sp³-hybridized carbons (Fsp3) is 0.304. The molecule has 8 heteroatoms. The SMILES string of the molecule is NC(Cc1ccccc1C(=O)CCCC(=O)c1ccccc1CC(N)C(=O)O)C(=O)O. The van der Waals surface area contributed by atoms with E-state index in [1.807, 2.05) is 0 Å². The van der Waals surface area contributed by atoms with Crippen molar-refractivity contribution in [3.63, 3.8) is 0 Å². The third kappa shape index (κ3) is 6.84. The van der Waals surface area contributed by atoms with Gasteiger partial charge in [0.1, 0.15) is 12.1 Å². The van der Waals surface area contributed by atoms with Gasteiger partial charge >= 0.3 is 11.9 Å². The molecular formula is C23H26N2O6. The Bertz CT molecular complexity index is 895. The van der Waals surface area contributed by atoms with Gasteiger partial charge in [0, 0.05) is 24.0 Å². The predicted molar refractivity (Wildman–Crippen MR) is 114 cm³/mol. The standard InChI is InChI=1S/C23H26N2O6/c24-18(22(28)29)12-14-6-1-3-8-16(14)20(26)10-5-11-21(27)17-9-4-2-7-15(17)13-19(25)23(30)31/h1-4,6-9,18-19H,5,10-13,24-25H2,(H,28,29)(H,30,31). The minimum Gasteiger partial charge on any atom is -0.480 e. The van der Waals surface area contributed by atoms with E-state index in [1.165, 1.54) is 0 Å². The zero-order valence-electron chi connectivity index (χ0n) is 17.0. The number of aliphatic carboxylic acids is 2. The molecule has 0 saturated carbocycles. The number of hydrogen-bond donors (Lipinski definition) is 4. The summed E-state index contributed by atoms with van der Waals surface area (Å²) in [6, 6.07) is 11.2. The molecule has 2 atom stereocenters. The Hall–Kier alpha value is -3.36. The summed E-state index contributed by atoms with van der Waals surface area (Å²) in [7, 11) is 0. The zero-order chi connectivity index (χ0) is 23.0. The average molecular weight is 426 g/mol. The molecule has 0 amide bonds. The van der Waals surface area contributed by atoms with Crippen molar-refractivity contribution in [2.45, 2.75) is 44.2 Å². The van der Waals surface area contributed by atoms with Gasteiger partial charge in [-0.15, -0.1) is 0 Å². The molecule has 2 aromatic carbocycles. The number of carbonyl (C=O) groups is 4. The van der Waals surface area contributed by atoms with Gasteiger partial charge in [0.2, 0.25) is 0 Å². The van der Waals surface area contributed by atoms with Crippen LogP contribution in [-0.4, -0.2) is 45.8 Å². The normalized spacial score (nSPS) is 12.7. The van der Waals surface area contributed by atoms with Crippen molar-refractivity contribution in [2.24, 2.45) is 11.5 Å². The molecule has 31 heavy (non-hydrogen) atoms. The molecule has 164 valence electrons. The summed E-state index contributed by atoms with van der Waals surface area (Å²) in [4.78, 5) is 47.3. The second-order valence-corrected chi connectivity index (χ2v) is 7.31. The number of Topliss-reactive ketones (excluding diaryl/α,β-unsaturated/α-hetero) is 2. The highest BCUT2D eigenvalue weighted by Gasteiger charge is 2.19. The zero-order valence-corrected chi connectivity index (χ0v) is 17.0. The van der Waals surface area contributed by atoms with E-state index in [9.17, 15) is 19.2 Å². The Morgan fingerprint density at radius 3 is 1.39 bits per heavy atom. The van der Waals surface area contributed by atoms with Crippen LogP contribution < -0.4 is 11.5 Å². The molecule has 2 aromatic rings. The monoisotopic (exact) mass is 426 g/mol. The predicted octanol–water partition coefficient (Wildman–Crippen LogP) is 1.83. The van der Waals surface area contributed by atoms with Crippen LogP contribution in [0.3, 0.4) is 0 Å². The molecule has 8 nitrogen and oxygen atoms in total. The molecule has 2 rings (SSSR count). The number of rotatable bonds is 12. The van der Waals surface area contributed by atoms with Gasteiger partial charge < -0.3 is 21.7 Å². The largest absolute Gasteiger partial charge is 0.480 e. The quantitative estimate of drug-likeness (QED) is 0.374. The Balaban J connectivity index is 2.00. The minimum absolute atomic E-state index is 0.0351. The lowest BCUT2D eigenvalue weighted by Crippen LogP contribution is -2.32. The number of nitrogens with two attached hydrogens (primary N) is 2. The second kappa shape index (κ2) is 11.1. The molecule has 2 unspecified atom stereocenters. The first-order valence-corrected chi connectivity index (χ1v) is 9.89. The van der Waals surface area contributed by atoms with Gasteiger partial charge in [-0.05, 0) is 30.4 Å². The van der Waals surface area contributed by atoms with Crippen molar-refractivity contribution < 1.29 is 29.4 Å². The van der Waals surface area contributed by atoms with Crippen molar-refractivity contribution in [1.82, 2.24) is 0 Å². The van der Waals surface area contributed by atoms with Gasteiger partial charge in [-0.3, -0.25) is 19.2 Å². The molecule has 6 N–H and O–H groups in total. The second-order valence-electron chi connectivity index (χ2n) is 7.31. The molecule has 0 aliphatic carbocycles. The van der Waals surface area contributed by atoms with Crippen LogP contribution in [-0.2, 0) is 22.4 Å². The van der Waals surface area contributed by atoms with Crippen LogP contribution >= 0.6 is 0 Å². The van der Waals surface area contributed by atoms with Crippen LogP contribution in [0.15, 0.2) is 48.5 Å². The molecule has 0 spiro atoms. The fourth-order valence-corrected chi connectivity index (χ4v) is 3.27. The number of carbonyl (C=O) groups excluding carboxylic acids is 2. The first-order chi connectivity index (χ1) is 14.7. The van der Waals surface area contributed by atoms with Gasteiger partial charge in [0.05, 0.1) is 0 Å². The van der Waals surface area contributed by atoms with E-state index in [-0.39, 0.29) is 37.2 Å². The van der Waals surface area contributed by atoms with Crippen molar-refractivity contribution in [3.8, 4) is 0 Å². The third-order valence-electron chi connectivity index (χ3n) is 4.96. The number of hydrogen-bond acceptors (Lipinski definition) is 6. The summed E-state index contributed by atoms with van der Waals surface area (Å²) in [5.74, 6) is -2.67. The highest BCUT2D eigenvalue weighted by Crippen LogP contribution is 2.18. The first kappa shape index (κ1) is 23.9. The van der Waals surface area contributed by atoms with Crippen LogP contribution in [0, 0.1) is 0 Å². The Morgan fingerprint density at radius 1 is 0.677 bits per heavy atom.